The number of rotatable bonds is 3. The zero-order valence-corrected chi connectivity index (χ0v) is 11.9. The predicted octanol–water partition coefficient (Wildman–Crippen LogP) is 1.02. The summed E-state index contributed by atoms with van der Waals surface area (Å²) in [6.07, 6.45) is 2.83. The molecule has 2 unspecified atom stereocenters. The van der Waals surface area contributed by atoms with Crippen molar-refractivity contribution in [1.29, 1.82) is 0 Å². The molecule has 0 aromatic carbocycles. The van der Waals surface area contributed by atoms with Crippen molar-refractivity contribution >= 4 is 0 Å². The van der Waals surface area contributed by atoms with E-state index in [2.05, 4.69) is 41.1 Å². The third kappa shape index (κ3) is 3.09. The van der Waals surface area contributed by atoms with Crippen LogP contribution in [0.25, 0.3) is 0 Å². The van der Waals surface area contributed by atoms with Gasteiger partial charge in [0.05, 0.1) is 6.54 Å². The first kappa shape index (κ1) is 13.5. The third-order valence-corrected chi connectivity index (χ3v) is 3.98. The Morgan fingerprint density at radius 3 is 2.89 bits per heavy atom. The SMILES string of the molecule is CC(C)C1CN(Cc2ncnn2C)C(C)CCN1. The second-order valence-electron chi connectivity index (χ2n) is 5.67. The van der Waals surface area contributed by atoms with Gasteiger partial charge in [0.2, 0.25) is 0 Å². The molecule has 0 spiro atoms. The normalized spacial score (nSPS) is 26.5. The maximum atomic E-state index is 4.33. The molecule has 1 fully saturated rings. The second kappa shape index (κ2) is 5.80. The molecular formula is C13H25N5. The van der Waals surface area contributed by atoms with Gasteiger partial charge in [-0.25, -0.2) is 4.98 Å². The van der Waals surface area contributed by atoms with E-state index in [0.29, 0.717) is 18.0 Å². The van der Waals surface area contributed by atoms with Crippen LogP contribution in [0.2, 0.25) is 0 Å². The summed E-state index contributed by atoms with van der Waals surface area (Å²) in [5.74, 6) is 1.71. The lowest BCUT2D eigenvalue weighted by molar-refractivity contribution is 0.177. The monoisotopic (exact) mass is 251 g/mol. The van der Waals surface area contributed by atoms with E-state index in [1.54, 1.807) is 6.33 Å². The largest absolute Gasteiger partial charge is 0.312 e. The molecule has 1 aromatic heterocycles. The van der Waals surface area contributed by atoms with Crippen molar-refractivity contribution < 1.29 is 0 Å². The first-order valence-corrected chi connectivity index (χ1v) is 6.88. The number of aryl methyl sites for hydroxylation is 1. The summed E-state index contributed by atoms with van der Waals surface area (Å²) in [5, 5.41) is 7.80. The van der Waals surface area contributed by atoms with Crippen LogP contribution in [0.5, 0.6) is 0 Å². The molecular weight excluding hydrogens is 226 g/mol. The van der Waals surface area contributed by atoms with Crippen LogP contribution >= 0.6 is 0 Å². The summed E-state index contributed by atoms with van der Waals surface area (Å²) in [5.41, 5.74) is 0. The fourth-order valence-electron chi connectivity index (χ4n) is 2.47. The first-order valence-electron chi connectivity index (χ1n) is 6.88. The summed E-state index contributed by atoms with van der Waals surface area (Å²) in [4.78, 5) is 6.86. The first-order chi connectivity index (χ1) is 8.58. The molecule has 1 aliphatic rings. The van der Waals surface area contributed by atoms with E-state index in [1.165, 1.54) is 6.42 Å². The number of hydrogen-bond acceptors (Lipinski definition) is 4. The van der Waals surface area contributed by atoms with E-state index in [4.69, 9.17) is 0 Å². The Kier molecular flexibility index (Phi) is 4.35. The molecule has 18 heavy (non-hydrogen) atoms. The molecule has 5 heteroatoms. The lowest BCUT2D eigenvalue weighted by atomic mass is 10.0. The van der Waals surface area contributed by atoms with Gasteiger partial charge >= 0.3 is 0 Å². The maximum Gasteiger partial charge on any atom is 0.140 e. The fourth-order valence-corrected chi connectivity index (χ4v) is 2.47. The van der Waals surface area contributed by atoms with Crippen LogP contribution in [0.4, 0.5) is 0 Å². The molecule has 0 bridgehead atoms. The number of nitrogens with zero attached hydrogens (tertiary/aromatic N) is 4. The smallest absolute Gasteiger partial charge is 0.140 e. The molecule has 0 amide bonds. The standard InChI is InChI=1S/C13H25N5/c1-10(2)12-7-18(11(3)5-6-14-12)8-13-15-9-16-17(13)4/h9-12,14H,5-8H2,1-4H3. The van der Waals surface area contributed by atoms with Gasteiger partial charge in [-0.15, -0.1) is 0 Å². The highest BCUT2D eigenvalue weighted by atomic mass is 15.3. The quantitative estimate of drug-likeness (QED) is 0.871. The Bertz CT molecular complexity index is 373. The van der Waals surface area contributed by atoms with Crippen LogP contribution in [-0.2, 0) is 13.6 Å². The van der Waals surface area contributed by atoms with Crippen molar-refractivity contribution in [3.8, 4) is 0 Å². The highest BCUT2D eigenvalue weighted by molar-refractivity contribution is 4.89. The molecule has 1 saturated heterocycles. The molecule has 0 aliphatic carbocycles. The minimum atomic E-state index is 0.572. The van der Waals surface area contributed by atoms with E-state index < -0.39 is 0 Å². The third-order valence-electron chi connectivity index (χ3n) is 3.98. The summed E-state index contributed by atoms with van der Waals surface area (Å²) < 4.78 is 1.87. The summed E-state index contributed by atoms with van der Waals surface area (Å²) >= 11 is 0. The number of aromatic nitrogens is 3. The Morgan fingerprint density at radius 2 is 2.28 bits per heavy atom. The summed E-state index contributed by atoms with van der Waals surface area (Å²) in [6.45, 7) is 9.97. The van der Waals surface area contributed by atoms with Gasteiger partial charge in [-0.1, -0.05) is 13.8 Å². The average molecular weight is 251 g/mol. The Hall–Kier alpha value is -0.940. The van der Waals surface area contributed by atoms with Gasteiger partial charge in [-0.3, -0.25) is 9.58 Å². The van der Waals surface area contributed by atoms with Crippen LogP contribution in [0.1, 0.15) is 33.0 Å². The van der Waals surface area contributed by atoms with E-state index in [-0.39, 0.29) is 0 Å². The van der Waals surface area contributed by atoms with Crippen molar-refractivity contribution in [2.75, 3.05) is 13.1 Å². The minimum absolute atomic E-state index is 0.572. The van der Waals surface area contributed by atoms with Gasteiger partial charge in [0, 0.05) is 25.7 Å². The topological polar surface area (TPSA) is 46.0 Å². The van der Waals surface area contributed by atoms with Crippen molar-refractivity contribution in [2.24, 2.45) is 13.0 Å². The highest BCUT2D eigenvalue weighted by Crippen LogP contribution is 2.15. The van der Waals surface area contributed by atoms with E-state index in [0.717, 1.165) is 25.5 Å². The average Bonchev–Trinajstić information content (AvgIpc) is 2.61. The molecule has 2 rings (SSSR count). The van der Waals surface area contributed by atoms with Crippen LogP contribution in [0, 0.1) is 5.92 Å². The molecule has 102 valence electrons. The van der Waals surface area contributed by atoms with E-state index in [9.17, 15) is 0 Å². The molecule has 1 aliphatic heterocycles. The highest BCUT2D eigenvalue weighted by Gasteiger charge is 2.25. The lowest BCUT2D eigenvalue weighted by Gasteiger charge is -2.29. The van der Waals surface area contributed by atoms with Gasteiger partial charge in [0.15, 0.2) is 0 Å². The van der Waals surface area contributed by atoms with Crippen LogP contribution in [0.15, 0.2) is 6.33 Å². The number of nitrogens with one attached hydrogen (secondary N) is 1. The second-order valence-corrected chi connectivity index (χ2v) is 5.67. The predicted molar refractivity (Wildman–Crippen MR) is 72.1 cm³/mol. The minimum Gasteiger partial charge on any atom is -0.312 e. The molecule has 1 aromatic rings. The van der Waals surface area contributed by atoms with Crippen molar-refractivity contribution in [2.45, 2.75) is 45.8 Å². The van der Waals surface area contributed by atoms with Crippen molar-refractivity contribution in [3.05, 3.63) is 12.2 Å². The fraction of sp³-hybridized carbons (Fsp3) is 0.846. The number of hydrogen-bond donors (Lipinski definition) is 1. The van der Waals surface area contributed by atoms with Crippen LogP contribution in [-0.4, -0.2) is 44.8 Å². The van der Waals surface area contributed by atoms with Crippen LogP contribution < -0.4 is 5.32 Å². The zero-order valence-electron chi connectivity index (χ0n) is 11.9. The Labute approximate surface area is 110 Å². The van der Waals surface area contributed by atoms with Crippen molar-refractivity contribution in [1.82, 2.24) is 25.0 Å². The van der Waals surface area contributed by atoms with Gasteiger partial charge in [-0.05, 0) is 25.8 Å². The van der Waals surface area contributed by atoms with E-state index in [1.807, 2.05) is 11.7 Å². The Balaban J connectivity index is 2.06. The molecule has 2 atom stereocenters. The molecule has 5 nitrogen and oxygen atoms in total. The lowest BCUT2D eigenvalue weighted by Crippen LogP contribution is -2.42. The van der Waals surface area contributed by atoms with Gasteiger partial charge in [0.1, 0.15) is 12.2 Å². The Morgan fingerprint density at radius 1 is 1.50 bits per heavy atom. The molecule has 0 radical (unpaired) electrons. The summed E-state index contributed by atoms with van der Waals surface area (Å²) in [6, 6.07) is 1.17. The van der Waals surface area contributed by atoms with Crippen molar-refractivity contribution in [3.63, 3.8) is 0 Å². The molecule has 0 saturated carbocycles. The van der Waals surface area contributed by atoms with E-state index >= 15 is 0 Å². The van der Waals surface area contributed by atoms with Gasteiger partial charge < -0.3 is 5.32 Å². The maximum absolute atomic E-state index is 4.33. The van der Waals surface area contributed by atoms with Gasteiger partial charge in [-0.2, -0.15) is 5.10 Å². The summed E-state index contributed by atoms with van der Waals surface area (Å²) in [7, 11) is 1.96. The van der Waals surface area contributed by atoms with Crippen LogP contribution in [0.3, 0.4) is 0 Å². The molecule has 1 N–H and O–H groups in total. The van der Waals surface area contributed by atoms with Gasteiger partial charge in [0.25, 0.3) is 0 Å². The molecule has 2 heterocycles. The zero-order chi connectivity index (χ0) is 13.1.